The van der Waals surface area contributed by atoms with E-state index in [-0.39, 0.29) is 18.3 Å². The van der Waals surface area contributed by atoms with Gasteiger partial charge in [0.05, 0.1) is 5.75 Å². The number of thioether (sulfide) groups is 1. The average Bonchev–Trinajstić information content (AvgIpc) is 3.33. The summed E-state index contributed by atoms with van der Waals surface area (Å²) in [4.78, 5) is 12.5. The Kier molecular flexibility index (Phi) is 7.05. The van der Waals surface area contributed by atoms with Crippen molar-refractivity contribution >= 4 is 28.4 Å². The molecule has 0 spiro atoms. The van der Waals surface area contributed by atoms with E-state index < -0.39 is 0 Å². The minimum Gasteiger partial charge on any atom is -0.485 e. The van der Waals surface area contributed by atoms with E-state index in [1.54, 1.807) is 0 Å². The van der Waals surface area contributed by atoms with E-state index in [0.29, 0.717) is 17.5 Å². The zero-order chi connectivity index (χ0) is 23.9. The van der Waals surface area contributed by atoms with Crippen molar-refractivity contribution in [2.45, 2.75) is 18.3 Å². The summed E-state index contributed by atoms with van der Waals surface area (Å²) in [6.07, 6.45) is 0. The molecule has 0 saturated carbocycles. The maximum Gasteiger partial charge on any atom is 0.230 e. The number of hydrogen-bond acceptors (Lipinski definition) is 5. The van der Waals surface area contributed by atoms with E-state index in [0.717, 1.165) is 27.8 Å². The molecule has 0 saturated heterocycles. The quantitative estimate of drug-likeness (QED) is 0.286. The van der Waals surface area contributed by atoms with Crippen molar-refractivity contribution in [1.82, 2.24) is 20.1 Å². The zero-order valence-corrected chi connectivity index (χ0v) is 19.8. The second kappa shape index (κ2) is 10.9. The summed E-state index contributed by atoms with van der Waals surface area (Å²) < 4.78 is 8.13. The minimum atomic E-state index is -0.0602. The normalized spacial score (nSPS) is 10.9. The summed E-state index contributed by atoms with van der Waals surface area (Å²) >= 11 is 1.35. The van der Waals surface area contributed by atoms with Gasteiger partial charge in [-0.2, -0.15) is 0 Å². The SMILES string of the molecule is O=C(CSc1nnc(COc2cccc3ccccc23)n1-c1ccccc1)NCc1ccccc1. The topological polar surface area (TPSA) is 69.0 Å². The van der Waals surface area contributed by atoms with Gasteiger partial charge in [-0.1, -0.05) is 96.7 Å². The first-order chi connectivity index (χ1) is 17.3. The van der Waals surface area contributed by atoms with E-state index in [2.05, 4.69) is 27.6 Å². The molecule has 1 aromatic heterocycles. The van der Waals surface area contributed by atoms with Gasteiger partial charge < -0.3 is 10.1 Å². The summed E-state index contributed by atoms with van der Waals surface area (Å²) in [5, 5.41) is 14.5. The lowest BCUT2D eigenvalue weighted by Crippen LogP contribution is -2.24. The van der Waals surface area contributed by atoms with E-state index in [1.807, 2.05) is 95.6 Å². The van der Waals surface area contributed by atoms with Crippen molar-refractivity contribution in [2.75, 3.05) is 5.75 Å². The Hall–Kier alpha value is -4.10. The van der Waals surface area contributed by atoms with Crippen molar-refractivity contribution in [1.29, 1.82) is 0 Å². The molecule has 1 heterocycles. The predicted molar refractivity (Wildman–Crippen MR) is 139 cm³/mol. The van der Waals surface area contributed by atoms with Crippen LogP contribution in [0.25, 0.3) is 16.5 Å². The third-order valence-corrected chi connectivity index (χ3v) is 6.41. The Balaban J connectivity index is 1.31. The first-order valence-electron chi connectivity index (χ1n) is 11.3. The number of fused-ring (bicyclic) bond motifs is 1. The molecule has 0 aliphatic carbocycles. The van der Waals surface area contributed by atoms with Crippen LogP contribution in [0.5, 0.6) is 5.75 Å². The van der Waals surface area contributed by atoms with Crippen molar-refractivity contribution in [2.24, 2.45) is 0 Å². The number of nitrogens with one attached hydrogen (secondary N) is 1. The molecule has 35 heavy (non-hydrogen) atoms. The van der Waals surface area contributed by atoms with Crippen LogP contribution in [0, 0.1) is 0 Å². The van der Waals surface area contributed by atoms with Crippen LogP contribution in [0.4, 0.5) is 0 Å². The number of rotatable bonds is 9. The zero-order valence-electron chi connectivity index (χ0n) is 19.0. The van der Waals surface area contributed by atoms with E-state index in [1.165, 1.54) is 11.8 Å². The number of amides is 1. The number of hydrogen-bond donors (Lipinski definition) is 1. The molecule has 0 atom stereocenters. The van der Waals surface area contributed by atoms with Gasteiger partial charge in [-0.15, -0.1) is 10.2 Å². The monoisotopic (exact) mass is 480 g/mol. The minimum absolute atomic E-state index is 0.0602. The van der Waals surface area contributed by atoms with Gasteiger partial charge in [-0.25, -0.2) is 0 Å². The smallest absolute Gasteiger partial charge is 0.230 e. The molecule has 5 rings (SSSR count). The lowest BCUT2D eigenvalue weighted by atomic mass is 10.1. The largest absolute Gasteiger partial charge is 0.485 e. The predicted octanol–water partition coefficient (Wildman–Crippen LogP) is 5.41. The van der Waals surface area contributed by atoms with Crippen LogP contribution in [0.1, 0.15) is 11.4 Å². The molecule has 0 bridgehead atoms. The Bertz CT molecular complexity index is 1420. The molecular formula is C28H24N4O2S. The number of aromatic nitrogens is 3. The summed E-state index contributed by atoms with van der Waals surface area (Å²) in [5.41, 5.74) is 1.98. The van der Waals surface area contributed by atoms with Crippen LogP contribution < -0.4 is 10.1 Å². The Labute approximate surface area is 208 Å². The lowest BCUT2D eigenvalue weighted by Gasteiger charge is -2.12. The molecule has 0 aliphatic heterocycles. The molecule has 0 aliphatic rings. The van der Waals surface area contributed by atoms with Gasteiger partial charge in [0.25, 0.3) is 0 Å². The highest BCUT2D eigenvalue weighted by molar-refractivity contribution is 7.99. The highest BCUT2D eigenvalue weighted by atomic mass is 32.2. The fraction of sp³-hybridized carbons (Fsp3) is 0.107. The Morgan fingerprint density at radius 1 is 0.829 bits per heavy atom. The summed E-state index contributed by atoms with van der Waals surface area (Å²) in [6.45, 7) is 0.742. The summed E-state index contributed by atoms with van der Waals surface area (Å²) in [7, 11) is 0. The molecule has 4 aromatic carbocycles. The molecule has 5 aromatic rings. The molecule has 0 unspecified atom stereocenters. The van der Waals surface area contributed by atoms with E-state index in [9.17, 15) is 4.79 Å². The van der Waals surface area contributed by atoms with Crippen LogP contribution in [0.2, 0.25) is 0 Å². The van der Waals surface area contributed by atoms with Crippen LogP contribution in [0.3, 0.4) is 0 Å². The molecule has 174 valence electrons. The fourth-order valence-electron chi connectivity index (χ4n) is 3.77. The van der Waals surface area contributed by atoms with Crippen LogP contribution in [0.15, 0.2) is 108 Å². The van der Waals surface area contributed by atoms with Gasteiger partial charge in [0.15, 0.2) is 11.0 Å². The molecule has 1 amide bonds. The van der Waals surface area contributed by atoms with Gasteiger partial charge in [0.2, 0.25) is 5.91 Å². The standard InChI is InChI=1S/C28H24N4O2S/c33-27(29-18-21-10-3-1-4-11-21)20-35-28-31-30-26(32(28)23-14-5-2-6-15-23)19-34-25-17-9-13-22-12-7-8-16-24(22)25/h1-17H,18-20H2,(H,29,33). The van der Waals surface area contributed by atoms with E-state index in [4.69, 9.17) is 4.74 Å². The molecule has 6 nitrogen and oxygen atoms in total. The summed E-state index contributed by atoms with van der Waals surface area (Å²) in [6, 6.07) is 33.8. The first-order valence-corrected chi connectivity index (χ1v) is 12.3. The highest BCUT2D eigenvalue weighted by Gasteiger charge is 2.17. The average molecular weight is 481 g/mol. The first kappa shape index (κ1) is 22.7. The van der Waals surface area contributed by atoms with Gasteiger partial charge in [-0.3, -0.25) is 9.36 Å². The maximum absolute atomic E-state index is 12.5. The molecular weight excluding hydrogens is 456 g/mol. The molecule has 1 N–H and O–H groups in total. The number of carbonyl (C=O) groups excluding carboxylic acids is 1. The maximum atomic E-state index is 12.5. The highest BCUT2D eigenvalue weighted by Crippen LogP contribution is 2.27. The van der Waals surface area contributed by atoms with Crippen molar-refractivity contribution in [3.8, 4) is 11.4 Å². The second-order valence-corrected chi connectivity index (χ2v) is 8.83. The number of ether oxygens (including phenoxy) is 1. The fourth-order valence-corrected chi connectivity index (χ4v) is 4.57. The van der Waals surface area contributed by atoms with Gasteiger partial charge >= 0.3 is 0 Å². The van der Waals surface area contributed by atoms with Crippen LogP contribution in [-0.2, 0) is 17.9 Å². The van der Waals surface area contributed by atoms with Gasteiger partial charge in [0, 0.05) is 17.6 Å². The number of benzene rings is 4. The molecule has 0 radical (unpaired) electrons. The Morgan fingerprint density at radius 2 is 1.54 bits per heavy atom. The third-order valence-electron chi connectivity index (χ3n) is 5.49. The number of nitrogens with zero attached hydrogens (tertiary/aromatic N) is 3. The van der Waals surface area contributed by atoms with E-state index >= 15 is 0 Å². The third kappa shape index (κ3) is 5.53. The van der Waals surface area contributed by atoms with Gasteiger partial charge in [-0.05, 0) is 29.1 Å². The van der Waals surface area contributed by atoms with Crippen LogP contribution >= 0.6 is 11.8 Å². The van der Waals surface area contributed by atoms with Crippen molar-refractivity contribution in [3.63, 3.8) is 0 Å². The van der Waals surface area contributed by atoms with Crippen molar-refractivity contribution in [3.05, 3.63) is 115 Å². The van der Waals surface area contributed by atoms with Gasteiger partial charge in [0.1, 0.15) is 12.4 Å². The molecule has 7 heteroatoms. The number of para-hydroxylation sites is 1. The Morgan fingerprint density at radius 3 is 2.37 bits per heavy atom. The second-order valence-electron chi connectivity index (χ2n) is 7.89. The number of carbonyl (C=O) groups is 1. The summed E-state index contributed by atoms with van der Waals surface area (Å²) in [5.74, 6) is 1.63. The van der Waals surface area contributed by atoms with Crippen LogP contribution in [-0.4, -0.2) is 26.4 Å². The van der Waals surface area contributed by atoms with Crippen molar-refractivity contribution < 1.29 is 9.53 Å². The lowest BCUT2D eigenvalue weighted by molar-refractivity contribution is -0.118. The molecule has 0 fully saturated rings.